The van der Waals surface area contributed by atoms with Gasteiger partial charge >= 0.3 is 0 Å². The molecule has 0 bridgehead atoms. The van der Waals surface area contributed by atoms with Crippen molar-refractivity contribution < 1.29 is 13.6 Å². The highest BCUT2D eigenvalue weighted by atomic mass is 32.1. The Kier molecular flexibility index (Phi) is 7.70. The molecule has 3 N–H and O–H groups in total. The maximum absolute atomic E-state index is 13.5. The summed E-state index contributed by atoms with van der Waals surface area (Å²) in [5.74, 6) is -1.03. The topological polar surface area (TPSA) is 91.8 Å². The van der Waals surface area contributed by atoms with Gasteiger partial charge in [-0.15, -0.1) is 11.3 Å². The average molecular weight is 559 g/mol. The minimum Gasteiger partial charge on any atom is -0.365 e. The highest BCUT2D eigenvalue weighted by molar-refractivity contribution is 7.15. The lowest BCUT2D eigenvalue weighted by molar-refractivity contribution is 0.0951. The van der Waals surface area contributed by atoms with Gasteiger partial charge in [-0.2, -0.15) is 0 Å². The van der Waals surface area contributed by atoms with Gasteiger partial charge in [-0.1, -0.05) is 12.1 Å². The molecular formula is C30H28F2N6OS. The molecule has 0 aliphatic carbocycles. The fourth-order valence-corrected chi connectivity index (χ4v) is 5.06. The Morgan fingerprint density at radius 2 is 1.75 bits per heavy atom. The molecule has 1 amide bonds. The van der Waals surface area contributed by atoms with Crippen molar-refractivity contribution in [2.45, 2.75) is 39.4 Å². The maximum atomic E-state index is 13.5. The van der Waals surface area contributed by atoms with Gasteiger partial charge in [0.1, 0.15) is 18.0 Å². The van der Waals surface area contributed by atoms with Gasteiger partial charge in [-0.3, -0.25) is 4.79 Å². The van der Waals surface area contributed by atoms with Crippen molar-refractivity contribution in [3.63, 3.8) is 0 Å². The van der Waals surface area contributed by atoms with E-state index in [1.54, 1.807) is 36.0 Å². The number of pyridine rings is 1. The van der Waals surface area contributed by atoms with Crippen LogP contribution in [0.1, 0.15) is 41.6 Å². The number of amides is 1. The van der Waals surface area contributed by atoms with Crippen LogP contribution in [0.3, 0.4) is 0 Å². The van der Waals surface area contributed by atoms with Crippen LogP contribution in [0.5, 0.6) is 0 Å². The summed E-state index contributed by atoms with van der Waals surface area (Å²) < 4.78 is 26.7. The number of carbonyl (C=O) groups is 1. The number of anilines is 2. The van der Waals surface area contributed by atoms with E-state index in [1.165, 1.54) is 6.07 Å². The Labute approximate surface area is 234 Å². The van der Waals surface area contributed by atoms with Crippen molar-refractivity contribution in [1.29, 1.82) is 0 Å². The van der Waals surface area contributed by atoms with E-state index in [0.717, 1.165) is 44.2 Å². The normalized spacial score (nSPS) is 11.4. The van der Waals surface area contributed by atoms with E-state index < -0.39 is 11.6 Å². The molecule has 0 fully saturated rings. The molecule has 5 aromatic rings. The summed E-state index contributed by atoms with van der Waals surface area (Å²) in [6.45, 7) is 6.80. The number of hydrogen-bond acceptors (Lipinski definition) is 7. The Morgan fingerprint density at radius 1 is 0.900 bits per heavy atom. The number of fused-ring (bicyclic) bond motifs is 1. The molecule has 3 heterocycles. The van der Waals surface area contributed by atoms with Crippen LogP contribution in [0, 0.1) is 11.6 Å². The van der Waals surface area contributed by atoms with Crippen LogP contribution < -0.4 is 16.0 Å². The van der Waals surface area contributed by atoms with Crippen LogP contribution in [-0.2, 0) is 13.1 Å². The molecule has 0 aliphatic heterocycles. The molecule has 0 atom stereocenters. The summed E-state index contributed by atoms with van der Waals surface area (Å²) in [6.07, 6.45) is 3.18. The van der Waals surface area contributed by atoms with Crippen molar-refractivity contribution >= 4 is 39.8 Å². The van der Waals surface area contributed by atoms with Crippen LogP contribution in [0.15, 0.2) is 73.2 Å². The van der Waals surface area contributed by atoms with Gasteiger partial charge in [0.15, 0.2) is 11.6 Å². The maximum Gasteiger partial charge on any atom is 0.255 e. The number of nitrogens with one attached hydrogen (secondary N) is 3. The van der Waals surface area contributed by atoms with Gasteiger partial charge in [0.2, 0.25) is 0 Å². The second-order valence-electron chi connectivity index (χ2n) is 10.3. The number of thiophene rings is 1. The van der Waals surface area contributed by atoms with Crippen LogP contribution in [-0.4, -0.2) is 26.4 Å². The third-order valence-electron chi connectivity index (χ3n) is 5.99. The molecule has 0 unspecified atom stereocenters. The molecule has 10 heteroatoms. The number of nitrogens with zero attached hydrogens (tertiary/aromatic N) is 3. The molecule has 0 saturated heterocycles. The van der Waals surface area contributed by atoms with Gasteiger partial charge in [-0.05, 0) is 80.4 Å². The smallest absolute Gasteiger partial charge is 0.255 e. The van der Waals surface area contributed by atoms with Crippen LogP contribution >= 0.6 is 11.3 Å². The first-order valence-electron chi connectivity index (χ1n) is 12.7. The zero-order valence-electron chi connectivity index (χ0n) is 22.3. The second kappa shape index (κ2) is 11.4. The molecular weight excluding hydrogens is 530 g/mol. The summed E-state index contributed by atoms with van der Waals surface area (Å²) in [5.41, 5.74) is 2.60. The zero-order valence-corrected chi connectivity index (χ0v) is 23.1. The van der Waals surface area contributed by atoms with Gasteiger partial charge in [-0.25, -0.2) is 23.7 Å². The highest BCUT2D eigenvalue weighted by Crippen LogP contribution is 2.32. The molecule has 40 heavy (non-hydrogen) atoms. The summed E-state index contributed by atoms with van der Waals surface area (Å²) in [5, 5.41) is 10.4. The monoisotopic (exact) mass is 558 g/mol. The summed E-state index contributed by atoms with van der Waals surface area (Å²) in [7, 11) is 0. The molecule has 5 rings (SSSR count). The predicted octanol–water partition coefficient (Wildman–Crippen LogP) is 6.78. The molecule has 0 saturated carbocycles. The highest BCUT2D eigenvalue weighted by Gasteiger charge is 2.15. The van der Waals surface area contributed by atoms with E-state index in [1.807, 2.05) is 18.2 Å². The van der Waals surface area contributed by atoms with Crippen molar-refractivity contribution in [3.05, 3.63) is 101 Å². The van der Waals surface area contributed by atoms with E-state index in [4.69, 9.17) is 0 Å². The van der Waals surface area contributed by atoms with E-state index in [9.17, 15) is 13.6 Å². The van der Waals surface area contributed by atoms with E-state index >= 15 is 0 Å². The number of carbonyl (C=O) groups excluding carboxylic acids is 1. The Morgan fingerprint density at radius 3 is 2.55 bits per heavy atom. The van der Waals surface area contributed by atoms with Gasteiger partial charge in [0.05, 0.1) is 17.6 Å². The third-order valence-corrected chi connectivity index (χ3v) is 7.13. The number of halogens is 2. The Bertz CT molecular complexity index is 1680. The lowest BCUT2D eigenvalue weighted by Crippen LogP contribution is -2.26. The lowest BCUT2D eigenvalue weighted by Gasteiger charge is -2.22. The van der Waals surface area contributed by atoms with Crippen molar-refractivity contribution in [1.82, 2.24) is 20.3 Å². The van der Waals surface area contributed by atoms with E-state index in [-0.39, 0.29) is 18.0 Å². The lowest BCUT2D eigenvalue weighted by atomic mass is 10.1. The van der Waals surface area contributed by atoms with Crippen LogP contribution in [0.4, 0.5) is 20.4 Å². The second-order valence-corrected chi connectivity index (χ2v) is 11.4. The quantitative estimate of drug-likeness (QED) is 0.194. The number of aromatic nitrogens is 3. The molecule has 3 aromatic heterocycles. The summed E-state index contributed by atoms with van der Waals surface area (Å²) in [6, 6.07) is 17.1. The molecule has 0 radical (unpaired) electrons. The first-order valence-corrected chi connectivity index (χ1v) is 13.5. The number of rotatable bonds is 8. The average Bonchev–Trinajstić information content (AvgIpc) is 3.41. The van der Waals surface area contributed by atoms with Gasteiger partial charge in [0, 0.05) is 33.4 Å². The number of hydrogen-bond donors (Lipinski definition) is 3. The molecule has 7 nitrogen and oxygen atoms in total. The van der Waals surface area contributed by atoms with E-state index in [0.29, 0.717) is 23.5 Å². The minimum absolute atomic E-state index is 0.0580. The molecule has 2 aromatic carbocycles. The summed E-state index contributed by atoms with van der Waals surface area (Å²) in [4.78, 5) is 28.2. The van der Waals surface area contributed by atoms with Gasteiger partial charge in [0.25, 0.3) is 5.91 Å². The van der Waals surface area contributed by atoms with Gasteiger partial charge < -0.3 is 16.0 Å². The molecule has 204 valence electrons. The zero-order chi connectivity index (χ0) is 28.3. The third kappa shape index (κ3) is 6.40. The first-order chi connectivity index (χ1) is 19.2. The van der Waals surface area contributed by atoms with Crippen molar-refractivity contribution in [2.24, 2.45) is 0 Å². The predicted molar refractivity (Wildman–Crippen MR) is 155 cm³/mol. The fourth-order valence-electron chi connectivity index (χ4n) is 4.12. The SMILES string of the molecule is CC(C)(C)Nc1ncnc2ccc(-c3ccc(CNc4ncccc4C(=O)NCc4ccc(F)c(F)c4)s3)cc12. The minimum atomic E-state index is -0.954. The standard InChI is InChI=1S/C30H28F2N6OS/c1-30(2,3)38-28-22-14-19(7-10-25(22)36-17-37-28)26-11-8-20(40-26)16-34-27-21(5-4-12-33-27)29(39)35-15-18-6-9-23(31)24(32)13-18/h4-14,17H,15-16H2,1-3H3,(H,33,34)(H,35,39)(H,36,37,38). The molecule has 0 aliphatic rings. The van der Waals surface area contributed by atoms with E-state index in [2.05, 4.69) is 63.8 Å². The largest absolute Gasteiger partial charge is 0.365 e. The van der Waals surface area contributed by atoms with Crippen LogP contribution in [0.25, 0.3) is 21.3 Å². The van der Waals surface area contributed by atoms with Crippen molar-refractivity contribution in [2.75, 3.05) is 10.6 Å². The first kappa shape index (κ1) is 27.1. The Hall–Kier alpha value is -4.44. The summed E-state index contributed by atoms with van der Waals surface area (Å²) >= 11 is 1.64. The molecule has 0 spiro atoms. The van der Waals surface area contributed by atoms with Crippen LogP contribution in [0.2, 0.25) is 0 Å². The number of benzene rings is 2. The Balaban J connectivity index is 1.28. The fraction of sp³-hybridized carbons (Fsp3) is 0.200. The van der Waals surface area contributed by atoms with Crippen molar-refractivity contribution in [3.8, 4) is 10.4 Å².